The minimum Gasteiger partial charge on any atom is -0.488 e. The molecule has 0 bridgehead atoms. The van der Waals surface area contributed by atoms with Crippen LogP contribution in [0.15, 0.2) is 40.9 Å². The van der Waals surface area contributed by atoms with Crippen molar-refractivity contribution in [2.24, 2.45) is 5.73 Å². The summed E-state index contributed by atoms with van der Waals surface area (Å²) in [5, 5.41) is 0.595. The second kappa shape index (κ2) is 6.57. The van der Waals surface area contributed by atoms with Gasteiger partial charge in [0.25, 0.3) is 0 Å². The molecular formula is C15H14BrClFNO. The van der Waals surface area contributed by atoms with Crippen molar-refractivity contribution in [2.75, 3.05) is 0 Å². The molecule has 0 fully saturated rings. The quantitative estimate of drug-likeness (QED) is 0.848. The molecule has 2 aromatic carbocycles. The SMILES string of the molecule is C[C@@H](N)c1ccc(F)cc1OCc1ccc(Br)cc1Cl. The lowest BCUT2D eigenvalue weighted by Gasteiger charge is -2.14. The molecule has 0 aliphatic heterocycles. The number of rotatable bonds is 4. The van der Waals surface area contributed by atoms with Crippen LogP contribution in [-0.4, -0.2) is 0 Å². The molecule has 0 spiro atoms. The van der Waals surface area contributed by atoms with Crippen LogP contribution in [0.25, 0.3) is 0 Å². The van der Waals surface area contributed by atoms with Gasteiger partial charge in [0.2, 0.25) is 0 Å². The molecule has 1 atom stereocenters. The van der Waals surface area contributed by atoms with E-state index in [9.17, 15) is 4.39 Å². The topological polar surface area (TPSA) is 35.2 Å². The van der Waals surface area contributed by atoms with Crippen LogP contribution in [0.3, 0.4) is 0 Å². The number of nitrogens with two attached hydrogens (primary N) is 1. The van der Waals surface area contributed by atoms with Crippen LogP contribution in [-0.2, 0) is 6.61 Å². The van der Waals surface area contributed by atoms with Gasteiger partial charge in [-0.2, -0.15) is 0 Å². The molecule has 2 aromatic rings. The third-order valence-corrected chi connectivity index (χ3v) is 3.71. The van der Waals surface area contributed by atoms with Gasteiger partial charge in [-0.15, -0.1) is 0 Å². The van der Waals surface area contributed by atoms with E-state index in [0.29, 0.717) is 10.8 Å². The molecule has 0 amide bonds. The molecule has 0 saturated heterocycles. The van der Waals surface area contributed by atoms with E-state index in [1.54, 1.807) is 12.1 Å². The maximum atomic E-state index is 13.3. The van der Waals surface area contributed by atoms with Crippen LogP contribution in [0.4, 0.5) is 4.39 Å². The number of benzene rings is 2. The first-order valence-electron chi connectivity index (χ1n) is 6.09. The molecule has 106 valence electrons. The molecule has 2 rings (SSSR count). The zero-order chi connectivity index (χ0) is 14.7. The van der Waals surface area contributed by atoms with Crippen LogP contribution in [0.2, 0.25) is 5.02 Å². The summed E-state index contributed by atoms with van der Waals surface area (Å²) in [4.78, 5) is 0. The van der Waals surface area contributed by atoms with Crippen molar-refractivity contribution in [3.8, 4) is 5.75 Å². The van der Waals surface area contributed by atoms with E-state index in [0.717, 1.165) is 15.6 Å². The molecule has 5 heteroatoms. The Bertz CT molecular complexity index is 619. The van der Waals surface area contributed by atoms with Crippen molar-refractivity contribution in [2.45, 2.75) is 19.6 Å². The van der Waals surface area contributed by atoms with Gasteiger partial charge >= 0.3 is 0 Å². The lowest BCUT2D eigenvalue weighted by atomic mass is 10.1. The van der Waals surface area contributed by atoms with E-state index in [-0.39, 0.29) is 18.5 Å². The lowest BCUT2D eigenvalue weighted by Crippen LogP contribution is -2.08. The fourth-order valence-corrected chi connectivity index (χ4v) is 2.53. The number of hydrogen-bond acceptors (Lipinski definition) is 2. The highest BCUT2D eigenvalue weighted by Gasteiger charge is 2.10. The molecule has 0 unspecified atom stereocenters. The largest absolute Gasteiger partial charge is 0.488 e. The van der Waals surface area contributed by atoms with Gasteiger partial charge in [-0.25, -0.2) is 4.39 Å². The fraction of sp³-hybridized carbons (Fsp3) is 0.200. The first-order chi connectivity index (χ1) is 9.47. The molecule has 0 radical (unpaired) electrons. The molecule has 0 saturated carbocycles. The smallest absolute Gasteiger partial charge is 0.127 e. The second-order valence-corrected chi connectivity index (χ2v) is 5.82. The number of ether oxygens (including phenoxy) is 1. The fourth-order valence-electron chi connectivity index (χ4n) is 1.80. The summed E-state index contributed by atoms with van der Waals surface area (Å²) in [6.07, 6.45) is 0. The molecule has 0 aliphatic rings. The minimum atomic E-state index is -0.355. The summed E-state index contributed by atoms with van der Waals surface area (Å²) in [7, 11) is 0. The average molecular weight is 359 g/mol. The van der Waals surface area contributed by atoms with Crippen molar-refractivity contribution in [3.05, 3.63) is 62.8 Å². The highest BCUT2D eigenvalue weighted by molar-refractivity contribution is 9.10. The molecule has 0 heterocycles. The number of hydrogen-bond donors (Lipinski definition) is 1. The summed E-state index contributed by atoms with van der Waals surface area (Å²) < 4.78 is 19.9. The van der Waals surface area contributed by atoms with Gasteiger partial charge in [0.15, 0.2) is 0 Å². The van der Waals surface area contributed by atoms with Crippen molar-refractivity contribution in [1.82, 2.24) is 0 Å². The molecular weight excluding hydrogens is 345 g/mol. The van der Waals surface area contributed by atoms with Crippen LogP contribution in [0, 0.1) is 5.82 Å². The summed E-state index contributed by atoms with van der Waals surface area (Å²) in [6.45, 7) is 2.09. The number of halogens is 3. The van der Waals surface area contributed by atoms with Crippen molar-refractivity contribution >= 4 is 27.5 Å². The predicted molar refractivity (Wildman–Crippen MR) is 82.5 cm³/mol. The van der Waals surface area contributed by atoms with Crippen LogP contribution in [0.1, 0.15) is 24.1 Å². The van der Waals surface area contributed by atoms with Gasteiger partial charge in [0, 0.05) is 32.7 Å². The van der Waals surface area contributed by atoms with Gasteiger partial charge in [-0.3, -0.25) is 0 Å². The van der Waals surface area contributed by atoms with Crippen molar-refractivity contribution in [1.29, 1.82) is 0 Å². The monoisotopic (exact) mass is 357 g/mol. The third kappa shape index (κ3) is 3.72. The van der Waals surface area contributed by atoms with Gasteiger partial charge < -0.3 is 10.5 Å². The first kappa shape index (κ1) is 15.3. The lowest BCUT2D eigenvalue weighted by molar-refractivity contribution is 0.300. The minimum absolute atomic E-state index is 0.231. The average Bonchev–Trinajstić information content (AvgIpc) is 2.37. The van der Waals surface area contributed by atoms with E-state index in [4.69, 9.17) is 22.1 Å². The summed E-state index contributed by atoms with van der Waals surface area (Å²) >= 11 is 9.46. The third-order valence-electron chi connectivity index (χ3n) is 2.86. The van der Waals surface area contributed by atoms with Crippen LogP contribution >= 0.6 is 27.5 Å². The maximum Gasteiger partial charge on any atom is 0.127 e. The Hall–Kier alpha value is -1.10. The van der Waals surface area contributed by atoms with Gasteiger partial charge in [-0.1, -0.05) is 39.7 Å². The van der Waals surface area contributed by atoms with E-state index < -0.39 is 0 Å². The van der Waals surface area contributed by atoms with Gasteiger partial charge in [0.1, 0.15) is 18.2 Å². The van der Waals surface area contributed by atoms with E-state index in [1.165, 1.54) is 12.1 Å². The molecule has 0 aromatic heterocycles. The zero-order valence-electron chi connectivity index (χ0n) is 10.9. The Labute approximate surface area is 130 Å². The van der Waals surface area contributed by atoms with Crippen LogP contribution in [0.5, 0.6) is 5.75 Å². The zero-order valence-corrected chi connectivity index (χ0v) is 13.2. The normalized spacial score (nSPS) is 12.2. The first-order valence-corrected chi connectivity index (χ1v) is 7.26. The Kier molecular flexibility index (Phi) is 5.02. The second-order valence-electron chi connectivity index (χ2n) is 4.50. The summed E-state index contributed by atoms with van der Waals surface area (Å²) in [5.74, 6) is 0.0882. The van der Waals surface area contributed by atoms with Crippen LogP contribution < -0.4 is 10.5 Å². The predicted octanol–water partition coefficient (Wildman–Crippen LogP) is 4.84. The molecule has 2 nitrogen and oxygen atoms in total. The molecule has 20 heavy (non-hydrogen) atoms. The molecule has 2 N–H and O–H groups in total. The van der Waals surface area contributed by atoms with Gasteiger partial charge in [0.05, 0.1) is 0 Å². The Morgan fingerprint density at radius 1 is 1.30 bits per heavy atom. The Balaban J connectivity index is 2.20. The Morgan fingerprint density at radius 2 is 2.05 bits per heavy atom. The van der Waals surface area contributed by atoms with Gasteiger partial charge in [-0.05, 0) is 25.1 Å². The maximum absolute atomic E-state index is 13.3. The Morgan fingerprint density at radius 3 is 2.70 bits per heavy atom. The highest BCUT2D eigenvalue weighted by Crippen LogP contribution is 2.27. The highest BCUT2D eigenvalue weighted by atomic mass is 79.9. The van der Waals surface area contributed by atoms with E-state index in [1.807, 2.05) is 19.1 Å². The van der Waals surface area contributed by atoms with Crippen molar-refractivity contribution in [3.63, 3.8) is 0 Å². The summed E-state index contributed by atoms with van der Waals surface area (Å²) in [6, 6.07) is 9.64. The van der Waals surface area contributed by atoms with E-state index in [2.05, 4.69) is 15.9 Å². The van der Waals surface area contributed by atoms with Crippen molar-refractivity contribution < 1.29 is 9.13 Å². The molecule has 0 aliphatic carbocycles. The van der Waals surface area contributed by atoms with E-state index >= 15 is 0 Å². The summed E-state index contributed by atoms with van der Waals surface area (Å²) in [5.41, 5.74) is 7.44. The standard InChI is InChI=1S/C15H14BrClFNO/c1-9(19)13-5-4-12(18)7-15(13)20-8-10-2-3-11(16)6-14(10)17/h2-7,9H,8,19H2,1H3/t9-/m1/s1.